The van der Waals surface area contributed by atoms with E-state index in [0.29, 0.717) is 17.5 Å². The summed E-state index contributed by atoms with van der Waals surface area (Å²) in [7, 11) is 0. The minimum Gasteiger partial charge on any atom is -0.208 e. The second-order valence-electron chi connectivity index (χ2n) is 12.9. The smallest absolute Gasteiger partial charge is 0.164 e. The lowest BCUT2D eigenvalue weighted by atomic mass is 9.55. The molecule has 1 heterocycles. The Bertz CT molecular complexity index is 2160. The third-order valence-electron chi connectivity index (χ3n) is 10.1. The summed E-state index contributed by atoms with van der Waals surface area (Å²) < 4.78 is 0. The van der Waals surface area contributed by atoms with Gasteiger partial charge in [-0.1, -0.05) is 149 Å². The molecule has 0 N–H and O–H groups in total. The van der Waals surface area contributed by atoms with Gasteiger partial charge in [0.05, 0.1) is 0 Å². The van der Waals surface area contributed by atoms with E-state index in [-0.39, 0.29) is 10.8 Å². The Balaban J connectivity index is 1.36. The zero-order valence-electron chi connectivity index (χ0n) is 25.5. The highest BCUT2D eigenvalue weighted by Crippen LogP contribution is 2.56. The Morgan fingerprint density at radius 3 is 1.61 bits per heavy atom. The number of hydrogen-bond donors (Lipinski definition) is 0. The van der Waals surface area contributed by atoms with Crippen LogP contribution in [0.1, 0.15) is 38.8 Å². The maximum absolute atomic E-state index is 4.98. The van der Waals surface area contributed by atoms with Crippen LogP contribution in [0, 0.1) is 0 Å². The molecule has 0 saturated heterocycles. The normalized spacial score (nSPS) is 14.7. The zero-order valence-corrected chi connectivity index (χ0v) is 25.5. The molecule has 1 aliphatic carbocycles. The number of hydrogen-bond acceptors (Lipinski definition) is 3. The van der Waals surface area contributed by atoms with E-state index in [1.54, 1.807) is 0 Å². The van der Waals surface area contributed by atoms with Crippen LogP contribution in [0.4, 0.5) is 0 Å². The summed E-state index contributed by atoms with van der Waals surface area (Å²) in [5.41, 5.74) is 8.37. The number of benzene rings is 6. The van der Waals surface area contributed by atoms with Gasteiger partial charge < -0.3 is 0 Å². The standard InChI is InChI=1S/C41H33N3/c1-40(2)33-18-12-11-17-32(33)36-34(41(40,3)4)24-22-26-19-20-29-25-30(21-23-31(29)35(26)36)39-43-37(27-13-7-5-8-14-27)42-38(44-39)28-15-9-6-10-16-28/h5-25H,1-4H3. The van der Waals surface area contributed by atoms with E-state index in [2.05, 4.69) is 94.4 Å². The van der Waals surface area contributed by atoms with Crippen molar-refractivity contribution < 1.29 is 0 Å². The highest BCUT2D eigenvalue weighted by atomic mass is 15.0. The van der Waals surface area contributed by atoms with Crippen molar-refractivity contribution in [1.82, 2.24) is 15.0 Å². The third kappa shape index (κ3) is 3.92. The van der Waals surface area contributed by atoms with Crippen LogP contribution in [0.15, 0.2) is 127 Å². The van der Waals surface area contributed by atoms with Crippen molar-refractivity contribution in [2.75, 3.05) is 0 Å². The summed E-state index contributed by atoms with van der Waals surface area (Å²) >= 11 is 0. The second-order valence-corrected chi connectivity index (χ2v) is 12.9. The molecule has 0 saturated carbocycles. The molecule has 3 heteroatoms. The average molecular weight is 568 g/mol. The Hall–Kier alpha value is -5.15. The van der Waals surface area contributed by atoms with Gasteiger partial charge in [0.2, 0.25) is 0 Å². The van der Waals surface area contributed by atoms with E-state index in [0.717, 1.165) is 16.7 Å². The predicted molar refractivity (Wildman–Crippen MR) is 183 cm³/mol. The van der Waals surface area contributed by atoms with Crippen molar-refractivity contribution >= 4 is 21.5 Å². The molecular formula is C41H33N3. The maximum atomic E-state index is 4.98. The summed E-state index contributed by atoms with van der Waals surface area (Å²) in [6.07, 6.45) is 0. The molecule has 212 valence electrons. The van der Waals surface area contributed by atoms with E-state index < -0.39 is 0 Å². The van der Waals surface area contributed by atoms with Gasteiger partial charge >= 0.3 is 0 Å². The van der Waals surface area contributed by atoms with Crippen LogP contribution in [0.3, 0.4) is 0 Å². The third-order valence-corrected chi connectivity index (χ3v) is 10.1. The molecule has 0 spiro atoms. The number of fused-ring (bicyclic) bond motifs is 7. The molecule has 0 aliphatic heterocycles. The van der Waals surface area contributed by atoms with E-state index in [1.165, 1.54) is 43.8 Å². The lowest BCUT2D eigenvalue weighted by molar-refractivity contribution is 0.299. The van der Waals surface area contributed by atoms with Crippen LogP contribution in [0.5, 0.6) is 0 Å². The van der Waals surface area contributed by atoms with Gasteiger partial charge in [-0.2, -0.15) is 0 Å². The molecule has 1 aliphatic rings. The monoisotopic (exact) mass is 567 g/mol. The molecule has 0 fully saturated rings. The second kappa shape index (κ2) is 9.68. The molecule has 0 radical (unpaired) electrons. The number of aromatic nitrogens is 3. The minimum atomic E-state index is -0.0421. The molecular weight excluding hydrogens is 534 g/mol. The van der Waals surface area contributed by atoms with Crippen LogP contribution in [0.25, 0.3) is 66.8 Å². The molecule has 6 aromatic carbocycles. The fourth-order valence-electron chi connectivity index (χ4n) is 6.95. The molecule has 0 atom stereocenters. The Morgan fingerprint density at radius 2 is 0.955 bits per heavy atom. The van der Waals surface area contributed by atoms with Crippen LogP contribution in [-0.4, -0.2) is 15.0 Å². The van der Waals surface area contributed by atoms with E-state index in [1.807, 2.05) is 60.7 Å². The molecule has 44 heavy (non-hydrogen) atoms. The lowest BCUT2D eigenvalue weighted by Crippen LogP contribution is -2.43. The van der Waals surface area contributed by atoms with Gasteiger partial charge in [0.1, 0.15) is 0 Å². The maximum Gasteiger partial charge on any atom is 0.164 e. The quantitative estimate of drug-likeness (QED) is 0.199. The van der Waals surface area contributed by atoms with Crippen molar-refractivity contribution in [3.05, 3.63) is 139 Å². The molecule has 8 rings (SSSR count). The topological polar surface area (TPSA) is 38.7 Å². The van der Waals surface area contributed by atoms with Gasteiger partial charge in [-0.3, -0.25) is 0 Å². The summed E-state index contributed by atoms with van der Waals surface area (Å²) in [4.78, 5) is 14.8. The van der Waals surface area contributed by atoms with Crippen LogP contribution in [0.2, 0.25) is 0 Å². The minimum absolute atomic E-state index is 0.00632. The summed E-state index contributed by atoms with van der Waals surface area (Å²) in [5, 5.41) is 4.99. The summed E-state index contributed by atoms with van der Waals surface area (Å²) in [5.74, 6) is 2.01. The molecule has 0 unspecified atom stereocenters. The van der Waals surface area contributed by atoms with Gasteiger partial charge in [-0.25, -0.2) is 15.0 Å². The first-order valence-electron chi connectivity index (χ1n) is 15.3. The highest BCUT2D eigenvalue weighted by molar-refractivity contribution is 6.16. The lowest BCUT2D eigenvalue weighted by Gasteiger charge is -2.48. The Labute approximate surface area is 258 Å². The van der Waals surface area contributed by atoms with Crippen LogP contribution in [-0.2, 0) is 10.8 Å². The fraction of sp³-hybridized carbons (Fsp3) is 0.146. The molecule has 7 aromatic rings. The SMILES string of the molecule is CC1(C)c2ccccc2-c2c(ccc3ccc4cc(-c5nc(-c6ccccc6)nc(-c6ccccc6)n5)ccc4c23)C1(C)C. The largest absolute Gasteiger partial charge is 0.208 e. The van der Waals surface area contributed by atoms with Gasteiger partial charge in [0.15, 0.2) is 17.5 Å². The predicted octanol–water partition coefficient (Wildman–Crippen LogP) is 10.4. The fourth-order valence-corrected chi connectivity index (χ4v) is 6.95. The van der Waals surface area contributed by atoms with Crippen molar-refractivity contribution in [2.24, 2.45) is 0 Å². The number of nitrogens with zero attached hydrogens (tertiary/aromatic N) is 3. The molecule has 3 nitrogen and oxygen atoms in total. The molecule has 1 aromatic heterocycles. The zero-order chi connectivity index (χ0) is 30.1. The van der Waals surface area contributed by atoms with Crippen molar-refractivity contribution in [3.63, 3.8) is 0 Å². The van der Waals surface area contributed by atoms with E-state index in [9.17, 15) is 0 Å². The highest BCUT2D eigenvalue weighted by Gasteiger charge is 2.46. The first-order valence-corrected chi connectivity index (χ1v) is 15.3. The van der Waals surface area contributed by atoms with Crippen molar-refractivity contribution in [3.8, 4) is 45.3 Å². The van der Waals surface area contributed by atoms with Gasteiger partial charge in [0, 0.05) is 16.7 Å². The van der Waals surface area contributed by atoms with Gasteiger partial charge in [-0.15, -0.1) is 0 Å². The van der Waals surface area contributed by atoms with Gasteiger partial charge in [-0.05, 0) is 60.7 Å². The molecule has 0 amide bonds. The summed E-state index contributed by atoms with van der Waals surface area (Å²) in [6, 6.07) is 45.1. The first kappa shape index (κ1) is 26.5. The van der Waals surface area contributed by atoms with E-state index in [4.69, 9.17) is 15.0 Å². The van der Waals surface area contributed by atoms with Crippen LogP contribution >= 0.6 is 0 Å². The van der Waals surface area contributed by atoms with Crippen molar-refractivity contribution in [1.29, 1.82) is 0 Å². The number of rotatable bonds is 3. The van der Waals surface area contributed by atoms with Crippen molar-refractivity contribution in [2.45, 2.75) is 38.5 Å². The molecule has 0 bridgehead atoms. The van der Waals surface area contributed by atoms with Gasteiger partial charge in [0.25, 0.3) is 0 Å². The average Bonchev–Trinajstić information content (AvgIpc) is 3.07. The van der Waals surface area contributed by atoms with E-state index >= 15 is 0 Å². The summed E-state index contributed by atoms with van der Waals surface area (Å²) in [6.45, 7) is 9.56. The Kier molecular flexibility index (Phi) is 5.83. The van der Waals surface area contributed by atoms with Crippen LogP contribution < -0.4 is 0 Å². The Morgan fingerprint density at radius 1 is 0.432 bits per heavy atom. The first-order chi connectivity index (χ1) is 21.3.